The largest absolute Gasteiger partial charge is 0.480 e. The van der Waals surface area contributed by atoms with E-state index in [4.69, 9.17) is 9.47 Å². The average molecular weight is 328 g/mol. The van der Waals surface area contributed by atoms with Crippen molar-refractivity contribution in [2.45, 2.75) is 13.5 Å². The summed E-state index contributed by atoms with van der Waals surface area (Å²) in [5.41, 5.74) is 1.73. The van der Waals surface area contributed by atoms with Crippen LogP contribution in [-0.4, -0.2) is 34.7 Å². The molecule has 3 rings (SSSR count). The number of aromatic nitrogens is 3. The molecule has 0 bridgehead atoms. The fourth-order valence-electron chi connectivity index (χ4n) is 2.70. The van der Waals surface area contributed by atoms with Crippen molar-refractivity contribution < 1.29 is 23.8 Å². The van der Waals surface area contributed by atoms with Gasteiger partial charge in [-0.3, -0.25) is 4.79 Å². The van der Waals surface area contributed by atoms with Crippen molar-refractivity contribution in [2.75, 3.05) is 14.2 Å². The van der Waals surface area contributed by atoms with E-state index in [0.717, 1.165) is 5.56 Å². The first kappa shape index (κ1) is 15.8. The molecule has 7 nitrogen and oxygen atoms in total. The Bertz CT molecular complexity index is 903. The van der Waals surface area contributed by atoms with Gasteiger partial charge in [-0.05, 0) is 10.5 Å². The lowest BCUT2D eigenvalue weighted by Gasteiger charge is -2.04. The third kappa shape index (κ3) is 2.54. The van der Waals surface area contributed by atoms with E-state index in [0.29, 0.717) is 18.1 Å². The Morgan fingerprint density at radius 2 is 1.96 bits per heavy atom. The SMILES string of the molecule is COc1cc2n(Cc3ccccc3)c(C(C)=O)c(O)[n+]2c(OC)n1. The third-order valence-electron chi connectivity index (χ3n) is 3.76. The molecule has 24 heavy (non-hydrogen) atoms. The number of hydrogen-bond donors (Lipinski definition) is 1. The summed E-state index contributed by atoms with van der Waals surface area (Å²) in [4.78, 5) is 16.3. The van der Waals surface area contributed by atoms with E-state index >= 15 is 0 Å². The second-order valence-electron chi connectivity index (χ2n) is 5.28. The standard InChI is InChI=1S/C17H17N3O4/c1-11(21)15-16(22)20-14(9-13(23-2)18-17(20)24-3)19(15)10-12-7-5-4-6-8-12/h4-9H,10H2,1-3H3/p+1. The maximum Gasteiger partial charge on any atom is 0.445 e. The summed E-state index contributed by atoms with van der Waals surface area (Å²) in [6, 6.07) is 11.5. The molecule has 0 atom stereocenters. The van der Waals surface area contributed by atoms with E-state index in [-0.39, 0.29) is 23.4 Å². The molecule has 1 aromatic carbocycles. The summed E-state index contributed by atoms with van der Waals surface area (Å²) in [7, 11) is 2.93. The van der Waals surface area contributed by atoms with Gasteiger partial charge in [0.25, 0.3) is 5.88 Å². The van der Waals surface area contributed by atoms with Crippen molar-refractivity contribution in [3.05, 3.63) is 47.7 Å². The molecule has 0 radical (unpaired) electrons. The molecule has 2 heterocycles. The molecule has 0 unspecified atom stereocenters. The summed E-state index contributed by atoms with van der Waals surface area (Å²) < 4.78 is 13.5. The number of ketones is 1. The average Bonchev–Trinajstić information content (AvgIpc) is 2.87. The summed E-state index contributed by atoms with van der Waals surface area (Å²) >= 11 is 0. The van der Waals surface area contributed by atoms with E-state index in [1.165, 1.54) is 25.5 Å². The van der Waals surface area contributed by atoms with E-state index < -0.39 is 0 Å². The topological polar surface area (TPSA) is 77.7 Å². The van der Waals surface area contributed by atoms with Gasteiger partial charge in [0.05, 0.1) is 26.8 Å². The number of nitrogens with zero attached hydrogens (tertiary/aromatic N) is 3. The Morgan fingerprint density at radius 1 is 1.25 bits per heavy atom. The van der Waals surface area contributed by atoms with Crippen LogP contribution in [0.4, 0.5) is 0 Å². The van der Waals surface area contributed by atoms with Crippen LogP contribution >= 0.6 is 0 Å². The molecule has 0 aliphatic rings. The van der Waals surface area contributed by atoms with Gasteiger partial charge in [-0.1, -0.05) is 30.3 Å². The van der Waals surface area contributed by atoms with Crippen molar-refractivity contribution in [3.8, 4) is 17.8 Å². The second-order valence-corrected chi connectivity index (χ2v) is 5.28. The van der Waals surface area contributed by atoms with Gasteiger partial charge in [0.15, 0.2) is 5.78 Å². The van der Waals surface area contributed by atoms with Gasteiger partial charge in [-0.2, -0.15) is 0 Å². The maximum absolute atomic E-state index is 12.1. The minimum atomic E-state index is -0.256. The van der Waals surface area contributed by atoms with Crippen LogP contribution in [0.15, 0.2) is 36.4 Å². The number of Topliss-reactive ketones (excluding diaryl/α,β-unsaturated/α-hetero) is 1. The van der Waals surface area contributed by atoms with Gasteiger partial charge < -0.3 is 14.6 Å². The molecular weight excluding hydrogens is 310 g/mol. The van der Waals surface area contributed by atoms with Crippen molar-refractivity contribution in [2.24, 2.45) is 0 Å². The van der Waals surface area contributed by atoms with Crippen LogP contribution in [0.25, 0.3) is 5.65 Å². The number of benzene rings is 1. The van der Waals surface area contributed by atoms with Crippen LogP contribution in [0.1, 0.15) is 23.0 Å². The Balaban J connectivity index is 2.32. The van der Waals surface area contributed by atoms with Gasteiger partial charge in [-0.15, -0.1) is 4.40 Å². The quantitative estimate of drug-likeness (QED) is 0.568. The van der Waals surface area contributed by atoms with E-state index in [1.54, 1.807) is 10.6 Å². The second kappa shape index (κ2) is 6.19. The predicted molar refractivity (Wildman–Crippen MR) is 85.7 cm³/mol. The van der Waals surface area contributed by atoms with E-state index in [2.05, 4.69) is 4.98 Å². The van der Waals surface area contributed by atoms with Crippen LogP contribution in [0.2, 0.25) is 0 Å². The monoisotopic (exact) mass is 328 g/mol. The first-order valence-electron chi connectivity index (χ1n) is 7.38. The molecule has 1 N–H and O–H groups in total. The molecule has 0 spiro atoms. The van der Waals surface area contributed by atoms with Crippen molar-refractivity contribution in [1.82, 2.24) is 9.55 Å². The van der Waals surface area contributed by atoms with Crippen molar-refractivity contribution in [3.63, 3.8) is 0 Å². The molecule has 3 aromatic rings. The molecule has 0 saturated heterocycles. The van der Waals surface area contributed by atoms with E-state index in [9.17, 15) is 9.90 Å². The smallest absolute Gasteiger partial charge is 0.445 e. The summed E-state index contributed by atoms with van der Waals surface area (Å²) in [6.07, 6.45) is 0. The molecular formula is C17H18N3O4+. The number of hydrogen-bond acceptors (Lipinski definition) is 5. The van der Waals surface area contributed by atoms with E-state index in [1.807, 2.05) is 30.3 Å². The summed E-state index contributed by atoms with van der Waals surface area (Å²) in [6.45, 7) is 1.82. The molecule has 0 saturated carbocycles. The van der Waals surface area contributed by atoms with Gasteiger partial charge >= 0.3 is 11.9 Å². The predicted octanol–water partition coefficient (Wildman–Crippen LogP) is 1.60. The molecule has 7 heteroatoms. The number of carbonyl (C=O) groups excluding carboxylic acids is 1. The Labute approximate surface area is 138 Å². The number of rotatable bonds is 5. The zero-order valence-electron chi connectivity index (χ0n) is 13.7. The minimum Gasteiger partial charge on any atom is -0.480 e. The van der Waals surface area contributed by atoms with Gasteiger partial charge in [0.1, 0.15) is 0 Å². The zero-order valence-corrected chi connectivity index (χ0v) is 13.7. The first-order valence-corrected chi connectivity index (χ1v) is 7.38. The maximum atomic E-state index is 12.1. The first-order chi connectivity index (χ1) is 11.6. The van der Waals surface area contributed by atoms with Crippen LogP contribution < -0.4 is 13.9 Å². The third-order valence-corrected chi connectivity index (χ3v) is 3.76. The minimum absolute atomic E-state index is 0.135. The Kier molecular flexibility index (Phi) is 4.07. The molecule has 124 valence electrons. The van der Waals surface area contributed by atoms with Crippen LogP contribution in [-0.2, 0) is 6.54 Å². The van der Waals surface area contributed by atoms with Crippen LogP contribution in [0, 0.1) is 0 Å². The summed E-state index contributed by atoms with van der Waals surface area (Å²) in [5.74, 6) is -0.137. The van der Waals surface area contributed by atoms with Crippen molar-refractivity contribution in [1.29, 1.82) is 0 Å². The highest BCUT2D eigenvalue weighted by Crippen LogP contribution is 2.24. The molecule has 0 amide bonds. The van der Waals surface area contributed by atoms with Crippen LogP contribution in [0.3, 0.4) is 0 Å². The molecule has 2 aromatic heterocycles. The zero-order chi connectivity index (χ0) is 17.3. The fourth-order valence-corrected chi connectivity index (χ4v) is 2.70. The lowest BCUT2D eigenvalue weighted by Crippen LogP contribution is -2.25. The number of fused-ring (bicyclic) bond motifs is 1. The van der Waals surface area contributed by atoms with Gasteiger partial charge in [-0.25, -0.2) is 4.57 Å². The highest BCUT2D eigenvalue weighted by molar-refractivity contribution is 5.95. The molecule has 0 aliphatic heterocycles. The number of ether oxygens (including phenoxy) is 2. The Morgan fingerprint density at radius 3 is 2.54 bits per heavy atom. The normalized spacial score (nSPS) is 10.8. The number of aromatic hydroxyl groups is 1. The fraction of sp³-hybridized carbons (Fsp3) is 0.235. The molecule has 0 aliphatic carbocycles. The number of imidazole rings is 1. The van der Waals surface area contributed by atoms with Gasteiger partial charge in [0, 0.05) is 6.92 Å². The number of methoxy groups -OCH3 is 2. The van der Waals surface area contributed by atoms with Crippen molar-refractivity contribution >= 4 is 11.4 Å². The highest BCUT2D eigenvalue weighted by Gasteiger charge is 2.31. The van der Waals surface area contributed by atoms with Gasteiger partial charge in [0.2, 0.25) is 11.3 Å². The Hall–Kier alpha value is -3.09. The van der Waals surface area contributed by atoms with Crippen LogP contribution in [0.5, 0.6) is 17.8 Å². The molecule has 0 fully saturated rings. The lowest BCUT2D eigenvalue weighted by atomic mass is 10.2. The number of carbonyl (C=O) groups is 1. The summed E-state index contributed by atoms with van der Waals surface area (Å²) in [5, 5.41) is 10.6. The lowest BCUT2D eigenvalue weighted by molar-refractivity contribution is -0.534. The highest BCUT2D eigenvalue weighted by atomic mass is 16.5.